The van der Waals surface area contributed by atoms with Gasteiger partial charge in [0.05, 0.1) is 13.2 Å². The van der Waals surface area contributed by atoms with Crippen molar-refractivity contribution in [3.05, 3.63) is 24.8 Å². The Kier molecular flexibility index (Phi) is 6.10. The number of ether oxygens (including phenoxy) is 2. The Bertz CT molecular complexity index is 295. The van der Waals surface area contributed by atoms with Crippen LogP contribution in [0.2, 0.25) is 0 Å². The number of carbonyl (C=O) groups is 2. The SMILES string of the molecule is C=CC(=O)OC(C)C(O)CC(=C)C(=O)OC. The Morgan fingerprint density at radius 3 is 2.50 bits per heavy atom. The zero-order chi connectivity index (χ0) is 12.7. The van der Waals surface area contributed by atoms with Crippen molar-refractivity contribution in [3.63, 3.8) is 0 Å². The lowest BCUT2D eigenvalue weighted by atomic mass is 10.1. The molecule has 0 amide bonds. The lowest BCUT2D eigenvalue weighted by Crippen LogP contribution is -2.29. The minimum absolute atomic E-state index is 0.0156. The fraction of sp³-hybridized carbons (Fsp3) is 0.455. The molecule has 0 saturated carbocycles. The Balaban J connectivity index is 4.19. The smallest absolute Gasteiger partial charge is 0.333 e. The van der Waals surface area contributed by atoms with Crippen molar-refractivity contribution in [2.75, 3.05) is 7.11 Å². The van der Waals surface area contributed by atoms with Crippen LogP contribution < -0.4 is 0 Å². The first-order valence-electron chi connectivity index (χ1n) is 4.69. The maximum absolute atomic E-state index is 11.0. The Morgan fingerprint density at radius 2 is 2.06 bits per heavy atom. The number of aliphatic hydroxyl groups is 1. The van der Waals surface area contributed by atoms with E-state index in [1.54, 1.807) is 0 Å². The number of hydrogen-bond donors (Lipinski definition) is 1. The highest BCUT2D eigenvalue weighted by molar-refractivity contribution is 5.87. The molecule has 0 aromatic carbocycles. The summed E-state index contributed by atoms with van der Waals surface area (Å²) in [4.78, 5) is 21.8. The molecular formula is C11H16O5. The van der Waals surface area contributed by atoms with E-state index in [0.717, 1.165) is 6.08 Å². The molecule has 5 heteroatoms. The quantitative estimate of drug-likeness (QED) is 0.532. The van der Waals surface area contributed by atoms with Crippen molar-refractivity contribution in [3.8, 4) is 0 Å². The molecule has 0 bridgehead atoms. The Labute approximate surface area is 94.4 Å². The highest BCUT2D eigenvalue weighted by Crippen LogP contribution is 2.10. The van der Waals surface area contributed by atoms with Gasteiger partial charge in [0, 0.05) is 18.1 Å². The molecule has 0 rings (SSSR count). The van der Waals surface area contributed by atoms with E-state index in [1.165, 1.54) is 14.0 Å². The molecule has 5 nitrogen and oxygen atoms in total. The number of aliphatic hydroxyl groups excluding tert-OH is 1. The third-order valence-electron chi connectivity index (χ3n) is 1.94. The third-order valence-corrected chi connectivity index (χ3v) is 1.94. The topological polar surface area (TPSA) is 72.8 Å². The summed E-state index contributed by atoms with van der Waals surface area (Å²) in [5, 5.41) is 9.60. The van der Waals surface area contributed by atoms with Crippen LogP contribution in [0.4, 0.5) is 0 Å². The first-order chi connectivity index (χ1) is 7.42. The van der Waals surface area contributed by atoms with Crippen molar-refractivity contribution < 1.29 is 24.2 Å². The molecule has 0 spiro atoms. The molecule has 0 fully saturated rings. The summed E-state index contributed by atoms with van der Waals surface area (Å²) in [5.41, 5.74) is 0.122. The van der Waals surface area contributed by atoms with E-state index in [2.05, 4.69) is 17.9 Å². The second-order valence-corrected chi connectivity index (χ2v) is 3.21. The highest BCUT2D eigenvalue weighted by Gasteiger charge is 2.21. The lowest BCUT2D eigenvalue weighted by Gasteiger charge is -2.18. The molecule has 0 aromatic rings. The van der Waals surface area contributed by atoms with Gasteiger partial charge in [0.2, 0.25) is 0 Å². The van der Waals surface area contributed by atoms with E-state index in [0.29, 0.717) is 0 Å². The third kappa shape index (κ3) is 4.75. The van der Waals surface area contributed by atoms with Gasteiger partial charge in [-0.15, -0.1) is 0 Å². The van der Waals surface area contributed by atoms with Gasteiger partial charge in [0.25, 0.3) is 0 Å². The van der Waals surface area contributed by atoms with Crippen LogP contribution in [-0.2, 0) is 19.1 Å². The number of carbonyl (C=O) groups excluding carboxylic acids is 2. The van der Waals surface area contributed by atoms with Gasteiger partial charge in [0.1, 0.15) is 6.10 Å². The first kappa shape index (κ1) is 14.4. The lowest BCUT2D eigenvalue weighted by molar-refractivity contribution is -0.147. The van der Waals surface area contributed by atoms with Crippen molar-refractivity contribution in [2.24, 2.45) is 0 Å². The standard InChI is InChI=1S/C11H16O5/c1-5-10(13)16-8(3)9(12)6-7(2)11(14)15-4/h5,8-9,12H,1-2,6H2,3-4H3. The van der Waals surface area contributed by atoms with Gasteiger partial charge in [-0.05, 0) is 6.92 Å². The van der Waals surface area contributed by atoms with E-state index < -0.39 is 24.1 Å². The van der Waals surface area contributed by atoms with E-state index >= 15 is 0 Å². The normalized spacial score (nSPS) is 13.4. The van der Waals surface area contributed by atoms with E-state index in [4.69, 9.17) is 4.74 Å². The summed E-state index contributed by atoms with van der Waals surface area (Å²) in [7, 11) is 1.22. The molecule has 0 aliphatic heterocycles. The molecule has 0 aliphatic rings. The summed E-state index contributed by atoms with van der Waals surface area (Å²) in [6.45, 7) is 8.19. The second kappa shape index (κ2) is 6.79. The largest absolute Gasteiger partial charge is 0.466 e. The van der Waals surface area contributed by atoms with Crippen LogP contribution in [0.5, 0.6) is 0 Å². The molecule has 0 heterocycles. The van der Waals surface area contributed by atoms with Crippen LogP contribution in [0.3, 0.4) is 0 Å². The van der Waals surface area contributed by atoms with Gasteiger partial charge >= 0.3 is 11.9 Å². The Morgan fingerprint density at radius 1 is 1.50 bits per heavy atom. The molecule has 16 heavy (non-hydrogen) atoms. The molecule has 2 atom stereocenters. The minimum Gasteiger partial charge on any atom is -0.466 e. The van der Waals surface area contributed by atoms with Crippen molar-refractivity contribution in [2.45, 2.75) is 25.6 Å². The summed E-state index contributed by atoms with van der Waals surface area (Å²) in [6.07, 6.45) is -0.765. The maximum Gasteiger partial charge on any atom is 0.333 e. The second-order valence-electron chi connectivity index (χ2n) is 3.21. The van der Waals surface area contributed by atoms with Crippen molar-refractivity contribution in [1.29, 1.82) is 0 Å². The average Bonchev–Trinajstić information content (AvgIpc) is 2.27. The van der Waals surface area contributed by atoms with Gasteiger partial charge in [-0.1, -0.05) is 13.2 Å². The number of rotatable bonds is 6. The molecule has 0 aromatic heterocycles. The van der Waals surface area contributed by atoms with Crippen LogP contribution in [-0.4, -0.2) is 36.4 Å². The van der Waals surface area contributed by atoms with Crippen LogP contribution in [0.25, 0.3) is 0 Å². The summed E-state index contributed by atoms with van der Waals surface area (Å²) >= 11 is 0. The molecule has 2 unspecified atom stereocenters. The average molecular weight is 228 g/mol. The number of hydrogen-bond acceptors (Lipinski definition) is 5. The Hall–Kier alpha value is -1.62. The van der Waals surface area contributed by atoms with Gasteiger partial charge in [-0.2, -0.15) is 0 Å². The predicted molar refractivity (Wildman–Crippen MR) is 57.5 cm³/mol. The van der Waals surface area contributed by atoms with E-state index in [-0.39, 0.29) is 12.0 Å². The summed E-state index contributed by atoms with van der Waals surface area (Å²) < 4.78 is 9.20. The van der Waals surface area contributed by atoms with Crippen molar-refractivity contribution >= 4 is 11.9 Å². The van der Waals surface area contributed by atoms with Crippen molar-refractivity contribution in [1.82, 2.24) is 0 Å². The van der Waals surface area contributed by atoms with Crippen LogP contribution >= 0.6 is 0 Å². The monoisotopic (exact) mass is 228 g/mol. The fourth-order valence-corrected chi connectivity index (χ4v) is 0.956. The molecule has 1 N–H and O–H groups in total. The fourth-order valence-electron chi connectivity index (χ4n) is 0.956. The van der Waals surface area contributed by atoms with Gasteiger partial charge in [0.15, 0.2) is 0 Å². The van der Waals surface area contributed by atoms with E-state index in [1.807, 2.05) is 0 Å². The number of methoxy groups -OCH3 is 1. The van der Waals surface area contributed by atoms with Crippen LogP contribution in [0.15, 0.2) is 24.8 Å². The van der Waals surface area contributed by atoms with Crippen LogP contribution in [0.1, 0.15) is 13.3 Å². The molecule has 0 saturated heterocycles. The van der Waals surface area contributed by atoms with Gasteiger partial charge < -0.3 is 14.6 Å². The molecule has 0 radical (unpaired) electrons. The summed E-state index contributed by atoms with van der Waals surface area (Å²) in [5.74, 6) is -1.23. The highest BCUT2D eigenvalue weighted by atomic mass is 16.6. The zero-order valence-corrected chi connectivity index (χ0v) is 9.43. The molecular weight excluding hydrogens is 212 g/mol. The summed E-state index contributed by atoms with van der Waals surface area (Å²) in [6, 6.07) is 0. The zero-order valence-electron chi connectivity index (χ0n) is 9.43. The van der Waals surface area contributed by atoms with Gasteiger partial charge in [-0.3, -0.25) is 0 Å². The molecule has 90 valence electrons. The maximum atomic E-state index is 11.0. The number of esters is 2. The predicted octanol–water partition coefficient (Wildman–Crippen LogP) is 0.584. The molecule has 0 aliphatic carbocycles. The van der Waals surface area contributed by atoms with E-state index in [9.17, 15) is 14.7 Å². The van der Waals surface area contributed by atoms with Gasteiger partial charge in [-0.25, -0.2) is 9.59 Å². The van der Waals surface area contributed by atoms with Crippen LogP contribution in [0, 0.1) is 0 Å². The minimum atomic E-state index is -1.00. The first-order valence-corrected chi connectivity index (χ1v) is 4.69.